The van der Waals surface area contributed by atoms with Crippen molar-refractivity contribution in [3.63, 3.8) is 0 Å². The standard InChI is InChI=1S/C13H14F4N4O3/c1-3-7-4-9(21-12(23)20(2)18-19-21)10(5-8(7)14)24-6-11(22)13(15,16)17/h4-5,11,22H,3,6H2,1-2H3. The molecule has 0 aliphatic carbocycles. The SMILES string of the molecule is CCc1cc(-n2nnn(C)c2=O)c(OCC(O)C(F)(F)F)cc1F. The maximum Gasteiger partial charge on any atom is 0.417 e. The lowest BCUT2D eigenvalue weighted by Gasteiger charge is -2.17. The van der Waals surface area contributed by atoms with Gasteiger partial charge in [0.25, 0.3) is 0 Å². The average Bonchev–Trinajstić information content (AvgIpc) is 2.83. The number of aromatic nitrogens is 4. The fraction of sp³-hybridized carbons (Fsp3) is 0.462. The number of aliphatic hydroxyl groups excluding tert-OH is 1. The molecule has 0 bridgehead atoms. The molecule has 1 N–H and O–H groups in total. The summed E-state index contributed by atoms with van der Waals surface area (Å²) in [7, 11) is 1.32. The third-order valence-corrected chi connectivity index (χ3v) is 3.23. The number of tetrazole rings is 1. The summed E-state index contributed by atoms with van der Waals surface area (Å²) in [6.45, 7) is 0.506. The zero-order valence-corrected chi connectivity index (χ0v) is 12.7. The van der Waals surface area contributed by atoms with Gasteiger partial charge in [-0.1, -0.05) is 6.92 Å². The fourth-order valence-corrected chi connectivity index (χ4v) is 1.87. The molecule has 0 radical (unpaired) electrons. The molecular formula is C13H14F4N4O3. The minimum atomic E-state index is -4.88. The third kappa shape index (κ3) is 3.55. The second kappa shape index (κ2) is 6.59. The van der Waals surface area contributed by atoms with Crippen molar-refractivity contribution in [2.45, 2.75) is 25.6 Å². The summed E-state index contributed by atoms with van der Waals surface area (Å²) >= 11 is 0. The third-order valence-electron chi connectivity index (χ3n) is 3.23. The van der Waals surface area contributed by atoms with E-state index in [0.29, 0.717) is 0 Å². The quantitative estimate of drug-likeness (QED) is 0.813. The Bertz CT molecular complexity index is 784. The molecule has 132 valence electrons. The maximum atomic E-state index is 13.9. The molecule has 0 amide bonds. The summed E-state index contributed by atoms with van der Waals surface area (Å²) in [5.74, 6) is -1.08. The van der Waals surface area contributed by atoms with Crippen molar-refractivity contribution in [3.05, 3.63) is 34.0 Å². The number of alkyl halides is 3. The van der Waals surface area contributed by atoms with Crippen LogP contribution in [0.1, 0.15) is 12.5 Å². The molecule has 0 aliphatic rings. The van der Waals surface area contributed by atoms with Gasteiger partial charge >= 0.3 is 11.9 Å². The van der Waals surface area contributed by atoms with Gasteiger partial charge < -0.3 is 9.84 Å². The monoisotopic (exact) mass is 350 g/mol. The van der Waals surface area contributed by atoms with Crippen molar-refractivity contribution in [3.8, 4) is 11.4 Å². The minimum Gasteiger partial charge on any atom is -0.488 e. The van der Waals surface area contributed by atoms with Crippen LogP contribution >= 0.6 is 0 Å². The zero-order chi connectivity index (χ0) is 18.1. The first kappa shape index (κ1) is 17.9. The molecule has 2 aromatic rings. The number of ether oxygens (including phenoxy) is 1. The summed E-state index contributed by atoms with van der Waals surface area (Å²) < 4.78 is 57.5. The molecule has 7 nitrogen and oxygen atoms in total. The highest BCUT2D eigenvalue weighted by molar-refractivity contribution is 5.49. The Balaban J connectivity index is 2.45. The Morgan fingerprint density at radius 3 is 2.50 bits per heavy atom. The molecule has 0 aliphatic heterocycles. The van der Waals surface area contributed by atoms with Crippen LogP contribution in [0.4, 0.5) is 17.6 Å². The molecule has 0 saturated carbocycles. The Kier molecular flexibility index (Phi) is 4.92. The fourth-order valence-electron chi connectivity index (χ4n) is 1.87. The van der Waals surface area contributed by atoms with Crippen LogP contribution in [0, 0.1) is 5.82 Å². The molecule has 2 rings (SSSR count). The van der Waals surface area contributed by atoms with E-state index in [2.05, 4.69) is 10.4 Å². The Morgan fingerprint density at radius 2 is 2.00 bits per heavy atom. The molecule has 24 heavy (non-hydrogen) atoms. The number of aryl methyl sites for hydroxylation is 2. The summed E-state index contributed by atoms with van der Waals surface area (Å²) in [6, 6.07) is 2.08. The predicted molar refractivity (Wildman–Crippen MR) is 73.5 cm³/mol. The van der Waals surface area contributed by atoms with Crippen LogP contribution in [-0.4, -0.2) is 43.8 Å². The van der Waals surface area contributed by atoms with Gasteiger partial charge in [0, 0.05) is 13.1 Å². The molecular weight excluding hydrogens is 336 g/mol. The Morgan fingerprint density at radius 1 is 1.33 bits per heavy atom. The smallest absolute Gasteiger partial charge is 0.417 e. The first-order chi connectivity index (χ1) is 11.1. The van der Waals surface area contributed by atoms with E-state index in [0.717, 1.165) is 15.4 Å². The van der Waals surface area contributed by atoms with Crippen molar-refractivity contribution in [2.24, 2.45) is 7.05 Å². The number of hydrogen-bond donors (Lipinski definition) is 1. The van der Waals surface area contributed by atoms with Gasteiger partial charge in [0.2, 0.25) is 0 Å². The number of halogens is 4. The van der Waals surface area contributed by atoms with Gasteiger partial charge in [0.15, 0.2) is 6.10 Å². The molecule has 1 unspecified atom stereocenters. The van der Waals surface area contributed by atoms with Crippen LogP contribution in [0.25, 0.3) is 5.69 Å². The molecule has 1 aromatic heterocycles. The number of hydrogen-bond acceptors (Lipinski definition) is 5. The van der Waals surface area contributed by atoms with Gasteiger partial charge in [-0.15, -0.1) is 0 Å². The van der Waals surface area contributed by atoms with Crippen molar-refractivity contribution in [1.82, 2.24) is 19.8 Å². The van der Waals surface area contributed by atoms with E-state index in [-0.39, 0.29) is 23.4 Å². The van der Waals surface area contributed by atoms with E-state index < -0.39 is 30.4 Å². The van der Waals surface area contributed by atoms with Crippen LogP contribution in [0.15, 0.2) is 16.9 Å². The van der Waals surface area contributed by atoms with Crippen LogP contribution in [0.2, 0.25) is 0 Å². The summed E-state index contributed by atoms with van der Waals surface area (Å²) in [6.07, 6.45) is -7.36. The van der Waals surface area contributed by atoms with Crippen molar-refractivity contribution < 1.29 is 27.4 Å². The van der Waals surface area contributed by atoms with Crippen molar-refractivity contribution in [2.75, 3.05) is 6.61 Å². The highest BCUT2D eigenvalue weighted by atomic mass is 19.4. The Hall–Kier alpha value is -2.43. The Labute approximate surface area is 133 Å². The topological polar surface area (TPSA) is 82.2 Å². The number of aliphatic hydroxyl groups is 1. The molecule has 0 spiro atoms. The van der Waals surface area contributed by atoms with Crippen molar-refractivity contribution >= 4 is 0 Å². The van der Waals surface area contributed by atoms with Gasteiger partial charge in [-0.05, 0) is 28.5 Å². The molecule has 11 heteroatoms. The van der Waals surface area contributed by atoms with E-state index >= 15 is 0 Å². The maximum absolute atomic E-state index is 13.9. The first-order valence-corrected chi connectivity index (χ1v) is 6.84. The van der Waals surface area contributed by atoms with Crippen LogP contribution in [0.5, 0.6) is 5.75 Å². The van der Waals surface area contributed by atoms with E-state index in [1.54, 1.807) is 6.92 Å². The summed E-state index contributed by atoms with van der Waals surface area (Å²) in [4.78, 5) is 11.9. The van der Waals surface area contributed by atoms with Gasteiger partial charge in [0.1, 0.15) is 23.9 Å². The number of nitrogens with zero attached hydrogens (tertiary/aromatic N) is 4. The van der Waals surface area contributed by atoms with E-state index in [1.165, 1.54) is 13.1 Å². The molecule has 0 fully saturated rings. The molecule has 1 heterocycles. The second-order valence-electron chi connectivity index (χ2n) is 4.93. The van der Waals surface area contributed by atoms with E-state index in [4.69, 9.17) is 9.84 Å². The predicted octanol–water partition coefficient (Wildman–Crippen LogP) is 0.969. The highest BCUT2D eigenvalue weighted by Gasteiger charge is 2.39. The van der Waals surface area contributed by atoms with Crippen LogP contribution in [0.3, 0.4) is 0 Å². The zero-order valence-electron chi connectivity index (χ0n) is 12.7. The lowest BCUT2D eigenvalue weighted by Crippen LogP contribution is -2.34. The van der Waals surface area contributed by atoms with Crippen LogP contribution < -0.4 is 10.4 Å². The van der Waals surface area contributed by atoms with Gasteiger partial charge in [-0.3, -0.25) is 0 Å². The summed E-state index contributed by atoms with van der Waals surface area (Å²) in [5.41, 5.74) is -0.545. The summed E-state index contributed by atoms with van der Waals surface area (Å²) in [5, 5.41) is 16.0. The lowest BCUT2D eigenvalue weighted by atomic mass is 10.1. The first-order valence-electron chi connectivity index (χ1n) is 6.84. The van der Waals surface area contributed by atoms with Crippen molar-refractivity contribution in [1.29, 1.82) is 0 Å². The van der Waals surface area contributed by atoms with Gasteiger partial charge in [0.05, 0.1) is 0 Å². The van der Waals surface area contributed by atoms with Gasteiger partial charge in [-0.25, -0.2) is 9.18 Å². The van der Waals surface area contributed by atoms with Crippen LogP contribution in [-0.2, 0) is 13.5 Å². The number of rotatable bonds is 5. The second-order valence-corrected chi connectivity index (χ2v) is 4.93. The number of benzene rings is 1. The highest BCUT2D eigenvalue weighted by Crippen LogP contribution is 2.27. The molecule has 0 saturated heterocycles. The molecule has 1 atom stereocenters. The lowest BCUT2D eigenvalue weighted by molar-refractivity contribution is -0.210. The van der Waals surface area contributed by atoms with Gasteiger partial charge in [-0.2, -0.15) is 22.5 Å². The molecule has 1 aromatic carbocycles. The average molecular weight is 350 g/mol. The minimum absolute atomic E-state index is 0.0688. The largest absolute Gasteiger partial charge is 0.488 e. The van der Waals surface area contributed by atoms with E-state index in [9.17, 15) is 22.4 Å². The van der Waals surface area contributed by atoms with E-state index in [1.807, 2.05) is 0 Å². The normalized spacial score (nSPS) is 13.1.